The molecular formula is C19H32N2O2. The highest BCUT2D eigenvalue weighted by atomic mass is 16.2. The van der Waals surface area contributed by atoms with E-state index in [0.29, 0.717) is 17.6 Å². The summed E-state index contributed by atoms with van der Waals surface area (Å²) in [6.07, 6.45) is 5.90. The highest BCUT2D eigenvalue weighted by Crippen LogP contribution is 2.54. The Hall–Kier alpha value is -0.900. The first-order valence-corrected chi connectivity index (χ1v) is 9.42. The van der Waals surface area contributed by atoms with Gasteiger partial charge in [0.1, 0.15) is 5.78 Å². The van der Waals surface area contributed by atoms with Crippen LogP contribution in [0.3, 0.4) is 0 Å². The van der Waals surface area contributed by atoms with E-state index in [0.717, 1.165) is 45.4 Å². The molecule has 2 aliphatic carbocycles. The van der Waals surface area contributed by atoms with E-state index in [9.17, 15) is 9.59 Å². The molecule has 4 heteroatoms. The van der Waals surface area contributed by atoms with Crippen molar-refractivity contribution in [1.29, 1.82) is 0 Å². The van der Waals surface area contributed by atoms with Crippen molar-refractivity contribution in [1.82, 2.24) is 10.2 Å². The lowest BCUT2D eigenvalue weighted by atomic mass is 9.70. The third-order valence-electron chi connectivity index (χ3n) is 6.19. The molecule has 0 aromatic rings. The van der Waals surface area contributed by atoms with Crippen LogP contribution in [-0.4, -0.2) is 42.8 Å². The van der Waals surface area contributed by atoms with Crippen LogP contribution in [0.4, 0.5) is 0 Å². The molecule has 4 nitrogen and oxygen atoms in total. The number of nitrogens with one attached hydrogen (secondary N) is 1. The molecule has 3 aliphatic rings. The van der Waals surface area contributed by atoms with Gasteiger partial charge in [-0.05, 0) is 57.0 Å². The summed E-state index contributed by atoms with van der Waals surface area (Å²) >= 11 is 0. The van der Waals surface area contributed by atoms with Crippen LogP contribution in [0.25, 0.3) is 0 Å². The third kappa shape index (κ3) is 3.47. The van der Waals surface area contributed by atoms with Crippen molar-refractivity contribution < 1.29 is 9.59 Å². The predicted molar refractivity (Wildman–Crippen MR) is 91.0 cm³/mol. The maximum atomic E-state index is 12.9. The molecule has 2 bridgehead atoms. The third-order valence-corrected chi connectivity index (χ3v) is 6.19. The molecular weight excluding hydrogens is 288 g/mol. The van der Waals surface area contributed by atoms with Gasteiger partial charge in [0.05, 0.1) is 5.92 Å². The second kappa shape index (κ2) is 6.54. The number of hydrogen-bond acceptors (Lipinski definition) is 3. The Kier molecular flexibility index (Phi) is 4.82. The van der Waals surface area contributed by atoms with Gasteiger partial charge in [0, 0.05) is 24.4 Å². The van der Waals surface area contributed by atoms with Gasteiger partial charge in [-0.1, -0.05) is 20.8 Å². The van der Waals surface area contributed by atoms with Gasteiger partial charge in [-0.25, -0.2) is 0 Å². The van der Waals surface area contributed by atoms with Crippen LogP contribution in [0.15, 0.2) is 0 Å². The largest absolute Gasteiger partial charge is 0.355 e. The zero-order valence-corrected chi connectivity index (χ0v) is 14.9. The minimum Gasteiger partial charge on any atom is -0.355 e. The molecule has 1 saturated heterocycles. The number of Topliss-reactive ketones (excluding diaryl/α,β-unsaturated/α-hetero) is 1. The van der Waals surface area contributed by atoms with E-state index in [4.69, 9.17) is 0 Å². The predicted octanol–water partition coefficient (Wildman–Crippen LogP) is 2.48. The van der Waals surface area contributed by atoms with E-state index in [1.165, 1.54) is 12.8 Å². The fraction of sp³-hybridized carbons (Fsp3) is 0.895. The van der Waals surface area contributed by atoms with Crippen molar-refractivity contribution in [3.05, 3.63) is 0 Å². The zero-order chi connectivity index (χ0) is 16.6. The fourth-order valence-electron chi connectivity index (χ4n) is 5.01. The van der Waals surface area contributed by atoms with Gasteiger partial charge < -0.3 is 10.2 Å². The molecule has 1 amide bonds. The summed E-state index contributed by atoms with van der Waals surface area (Å²) in [6.45, 7) is 9.97. The molecule has 23 heavy (non-hydrogen) atoms. The minimum absolute atomic E-state index is 0.0412. The van der Waals surface area contributed by atoms with Gasteiger partial charge in [0.15, 0.2) is 0 Å². The van der Waals surface area contributed by atoms with Crippen LogP contribution in [0.2, 0.25) is 0 Å². The zero-order valence-electron chi connectivity index (χ0n) is 14.9. The summed E-state index contributed by atoms with van der Waals surface area (Å²) in [5, 5.41) is 3.14. The summed E-state index contributed by atoms with van der Waals surface area (Å²) in [6, 6.07) is 0. The van der Waals surface area contributed by atoms with Crippen molar-refractivity contribution in [3.8, 4) is 0 Å². The summed E-state index contributed by atoms with van der Waals surface area (Å²) < 4.78 is 0. The van der Waals surface area contributed by atoms with Crippen LogP contribution in [0, 0.1) is 29.1 Å². The number of ketones is 1. The lowest BCUT2D eigenvalue weighted by Crippen LogP contribution is -2.45. The monoisotopic (exact) mass is 320 g/mol. The number of hydrogen-bond donors (Lipinski definition) is 1. The second-order valence-corrected chi connectivity index (χ2v) is 8.84. The van der Waals surface area contributed by atoms with Crippen molar-refractivity contribution in [3.63, 3.8) is 0 Å². The lowest BCUT2D eigenvalue weighted by molar-refractivity contribution is -0.140. The molecule has 0 aromatic carbocycles. The second-order valence-electron chi connectivity index (χ2n) is 8.84. The fourth-order valence-corrected chi connectivity index (χ4v) is 5.01. The van der Waals surface area contributed by atoms with Crippen molar-refractivity contribution in [2.45, 2.75) is 52.9 Å². The first kappa shape index (κ1) is 16.9. The molecule has 4 atom stereocenters. The van der Waals surface area contributed by atoms with Crippen molar-refractivity contribution in [2.24, 2.45) is 29.1 Å². The molecule has 4 unspecified atom stereocenters. The Morgan fingerprint density at radius 1 is 1.04 bits per heavy atom. The van der Waals surface area contributed by atoms with Gasteiger partial charge in [-0.2, -0.15) is 0 Å². The molecule has 3 rings (SSSR count). The number of carbonyl (C=O) groups is 2. The number of nitrogens with zero attached hydrogens (tertiary/aromatic N) is 1. The molecule has 0 spiro atoms. The molecule has 1 N–H and O–H groups in total. The van der Waals surface area contributed by atoms with E-state index >= 15 is 0 Å². The van der Waals surface area contributed by atoms with Gasteiger partial charge in [0.25, 0.3) is 0 Å². The molecule has 1 aliphatic heterocycles. The number of likely N-dealkylation sites (tertiary alicyclic amines) is 1. The first-order valence-electron chi connectivity index (χ1n) is 9.42. The van der Waals surface area contributed by atoms with E-state index in [2.05, 4.69) is 10.2 Å². The van der Waals surface area contributed by atoms with Gasteiger partial charge in [0.2, 0.25) is 5.91 Å². The summed E-state index contributed by atoms with van der Waals surface area (Å²) in [5.41, 5.74) is -0.344. The smallest absolute Gasteiger partial charge is 0.224 e. The summed E-state index contributed by atoms with van der Waals surface area (Å²) in [7, 11) is 0. The van der Waals surface area contributed by atoms with Gasteiger partial charge >= 0.3 is 0 Å². The lowest BCUT2D eigenvalue weighted by Gasteiger charge is -2.33. The Bertz CT molecular complexity index is 462. The Morgan fingerprint density at radius 2 is 1.65 bits per heavy atom. The Morgan fingerprint density at radius 3 is 2.26 bits per heavy atom. The average Bonchev–Trinajstić information content (AvgIpc) is 3.21. The number of rotatable bonds is 5. The molecule has 1 heterocycles. The highest BCUT2D eigenvalue weighted by molar-refractivity contribution is 5.92. The van der Waals surface area contributed by atoms with Crippen LogP contribution in [-0.2, 0) is 9.59 Å². The first-order chi connectivity index (χ1) is 10.9. The molecule has 3 fully saturated rings. The number of fused-ring (bicyclic) bond motifs is 2. The number of amides is 1. The highest BCUT2D eigenvalue weighted by Gasteiger charge is 2.54. The normalized spacial score (nSPS) is 34.0. The SMILES string of the molecule is CC(C)(C)C(=O)C1C2CCC(C2)C1C(=O)NCCN1CCCC1. The van der Waals surface area contributed by atoms with E-state index in [1.54, 1.807) is 0 Å². The molecule has 0 aromatic heterocycles. The minimum atomic E-state index is -0.344. The van der Waals surface area contributed by atoms with Crippen LogP contribution in [0.1, 0.15) is 52.9 Å². The quantitative estimate of drug-likeness (QED) is 0.846. The summed E-state index contributed by atoms with van der Waals surface area (Å²) in [5.74, 6) is 1.20. The van der Waals surface area contributed by atoms with E-state index in [-0.39, 0.29) is 23.2 Å². The Labute approximate surface area is 140 Å². The maximum Gasteiger partial charge on any atom is 0.224 e. The Balaban J connectivity index is 1.59. The van der Waals surface area contributed by atoms with E-state index in [1.807, 2.05) is 20.8 Å². The molecule has 130 valence electrons. The average molecular weight is 320 g/mol. The van der Waals surface area contributed by atoms with Crippen LogP contribution in [0.5, 0.6) is 0 Å². The van der Waals surface area contributed by atoms with Crippen LogP contribution >= 0.6 is 0 Å². The molecule has 0 radical (unpaired) electrons. The maximum absolute atomic E-state index is 12.9. The van der Waals surface area contributed by atoms with Crippen LogP contribution < -0.4 is 5.32 Å². The van der Waals surface area contributed by atoms with Crippen molar-refractivity contribution >= 4 is 11.7 Å². The van der Waals surface area contributed by atoms with Gasteiger partial charge in [-0.15, -0.1) is 0 Å². The van der Waals surface area contributed by atoms with Crippen molar-refractivity contribution in [2.75, 3.05) is 26.2 Å². The van der Waals surface area contributed by atoms with Gasteiger partial charge in [-0.3, -0.25) is 9.59 Å². The molecule has 2 saturated carbocycles. The standard InChI is InChI=1S/C19H32N2O2/c1-19(2,3)17(22)15-13-6-7-14(12-13)16(15)18(23)20-8-11-21-9-4-5-10-21/h13-16H,4-12H2,1-3H3,(H,20,23). The summed E-state index contributed by atoms with van der Waals surface area (Å²) in [4.78, 5) is 28.1. The van der Waals surface area contributed by atoms with E-state index < -0.39 is 0 Å². The number of carbonyl (C=O) groups excluding carboxylic acids is 2. The topological polar surface area (TPSA) is 49.4 Å².